The number of benzene rings is 2. The Labute approximate surface area is 166 Å². The summed E-state index contributed by atoms with van der Waals surface area (Å²) in [6.07, 6.45) is 2.70. The van der Waals surface area contributed by atoms with Crippen LogP contribution in [0.1, 0.15) is 21.7 Å². The first-order chi connectivity index (χ1) is 13.9. The number of nitrogens with zero attached hydrogens (tertiary/aromatic N) is 1. The number of nitro groups is 1. The fourth-order valence-corrected chi connectivity index (χ4v) is 2.48. The highest BCUT2D eigenvalue weighted by molar-refractivity contribution is 6.10. The lowest BCUT2D eigenvalue weighted by molar-refractivity contribution is -0.384. The van der Waals surface area contributed by atoms with Gasteiger partial charge in [-0.25, -0.2) is 0 Å². The summed E-state index contributed by atoms with van der Waals surface area (Å²) in [4.78, 5) is 35.6. The lowest BCUT2D eigenvalue weighted by atomic mass is 10.1. The molecule has 3 rings (SSSR count). The molecule has 0 bridgehead atoms. The van der Waals surface area contributed by atoms with E-state index in [9.17, 15) is 19.7 Å². The van der Waals surface area contributed by atoms with Crippen molar-refractivity contribution in [1.29, 1.82) is 0 Å². The van der Waals surface area contributed by atoms with Gasteiger partial charge in [-0.1, -0.05) is 29.8 Å². The van der Waals surface area contributed by atoms with Crippen molar-refractivity contribution in [3.8, 4) is 0 Å². The molecule has 0 aliphatic carbocycles. The number of furan rings is 1. The molecule has 0 saturated heterocycles. The van der Waals surface area contributed by atoms with Crippen LogP contribution in [-0.4, -0.2) is 16.7 Å². The molecule has 8 nitrogen and oxygen atoms in total. The van der Waals surface area contributed by atoms with E-state index in [0.29, 0.717) is 11.3 Å². The Kier molecular flexibility index (Phi) is 5.84. The summed E-state index contributed by atoms with van der Waals surface area (Å²) in [5, 5.41) is 16.2. The normalized spacial score (nSPS) is 11.0. The number of rotatable bonds is 6. The van der Waals surface area contributed by atoms with Gasteiger partial charge in [-0.05, 0) is 42.8 Å². The number of nitro benzene ring substituents is 1. The van der Waals surface area contributed by atoms with Crippen LogP contribution in [-0.2, 0) is 4.79 Å². The summed E-state index contributed by atoms with van der Waals surface area (Å²) in [5.74, 6) is -1.18. The van der Waals surface area contributed by atoms with Gasteiger partial charge in [-0.15, -0.1) is 0 Å². The molecule has 0 spiro atoms. The maximum Gasteiger partial charge on any atom is 0.291 e. The summed E-state index contributed by atoms with van der Waals surface area (Å²) in [5.41, 5.74) is 1.73. The van der Waals surface area contributed by atoms with Crippen LogP contribution in [0.15, 0.2) is 77.0 Å². The molecule has 0 aliphatic heterocycles. The molecule has 0 aliphatic rings. The van der Waals surface area contributed by atoms with E-state index in [1.807, 2.05) is 19.1 Å². The summed E-state index contributed by atoms with van der Waals surface area (Å²) in [6, 6.07) is 15.9. The van der Waals surface area contributed by atoms with Crippen LogP contribution in [0.3, 0.4) is 0 Å². The topological polar surface area (TPSA) is 114 Å². The standard InChI is InChI=1S/C21H17N3O5/c1-14-7-9-16(10-8-14)22-20(25)18(23-21(26)19-6-3-11-29-19)13-15-4-2-5-17(12-15)24(27)28/h2-13H,1H3,(H,22,25)(H,23,26)/b18-13+. The minimum atomic E-state index is -0.620. The van der Waals surface area contributed by atoms with Crippen LogP contribution >= 0.6 is 0 Å². The number of carbonyl (C=O) groups is 2. The van der Waals surface area contributed by atoms with Crippen molar-refractivity contribution in [3.63, 3.8) is 0 Å². The first kappa shape index (κ1) is 19.6. The zero-order valence-electron chi connectivity index (χ0n) is 15.4. The summed E-state index contributed by atoms with van der Waals surface area (Å²) in [7, 11) is 0. The SMILES string of the molecule is Cc1ccc(NC(=O)/C(=C\c2cccc([N+](=O)[O-])c2)NC(=O)c2ccco2)cc1. The number of hydrogen-bond donors (Lipinski definition) is 2. The van der Waals surface area contributed by atoms with Gasteiger partial charge in [0.15, 0.2) is 5.76 Å². The van der Waals surface area contributed by atoms with Crippen LogP contribution in [0, 0.1) is 17.0 Å². The van der Waals surface area contributed by atoms with Crippen molar-refractivity contribution in [2.24, 2.45) is 0 Å². The van der Waals surface area contributed by atoms with E-state index in [2.05, 4.69) is 10.6 Å². The monoisotopic (exact) mass is 391 g/mol. The molecule has 0 atom stereocenters. The molecule has 2 aromatic carbocycles. The molecule has 29 heavy (non-hydrogen) atoms. The number of anilines is 1. The Balaban J connectivity index is 1.91. The molecule has 3 aromatic rings. The molecular formula is C21H17N3O5. The van der Waals surface area contributed by atoms with Crippen LogP contribution in [0.4, 0.5) is 11.4 Å². The average Bonchev–Trinajstić information content (AvgIpc) is 3.24. The number of carbonyl (C=O) groups excluding carboxylic acids is 2. The Morgan fingerprint density at radius 2 is 1.83 bits per heavy atom. The van der Waals surface area contributed by atoms with Crippen molar-refractivity contribution < 1.29 is 18.9 Å². The highest BCUT2D eigenvalue weighted by atomic mass is 16.6. The number of nitrogens with one attached hydrogen (secondary N) is 2. The molecule has 2 amide bonds. The van der Waals surface area contributed by atoms with Crippen LogP contribution in [0.5, 0.6) is 0 Å². The number of aryl methyl sites for hydroxylation is 1. The predicted molar refractivity (Wildman–Crippen MR) is 107 cm³/mol. The van der Waals surface area contributed by atoms with Crippen molar-refractivity contribution in [2.75, 3.05) is 5.32 Å². The van der Waals surface area contributed by atoms with E-state index in [-0.39, 0.29) is 17.1 Å². The van der Waals surface area contributed by atoms with Crippen molar-refractivity contribution in [3.05, 3.63) is 99.6 Å². The van der Waals surface area contributed by atoms with Crippen molar-refractivity contribution in [1.82, 2.24) is 5.32 Å². The van der Waals surface area contributed by atoms with Crippen LogP contribution < -0.4 is 10.6 Å². The van der Waals surface area contributed by atoms with E-state index in [1.54, 1.807) is 24.3 Å². The van der Waals surface area contributed by atoms with Crippen molar-refractivity contribution in [2.45, 2.75) is 6.92 Å². The molecule has 1 heterocycles. The molecule has 0 fully saturated rings. The average molecular weight is 391 g/mol. The molecule has 8 heteroatoms. The first-order valence-corrected chi connectivity index (χ1v) is 8.61. The summed E-state index contributed by atoms with van der Waals surface area (Å²) >= 11 is 0. The highest BCUT2D eigenvalue weighted by Crippen LogP contribution is 2.17. The summed E-state index contributed by atoms with van der Waals surface area (Å²) < 4.78 is 5.05. The minimum absolute atomic E-state index is 0.0260. The smallest absolute Gasteiger partial charge is 0.291 e. The lowest BCUT2D eigenvalue weighted by Crippen LogP contribution is -2.30. The van der Waals surface area contributed by atoms with Gasteiger partial charge in [0.2, 0.25) is 0 Å². The predicted octanol–water partition coefficient (Wildman–Crippen LogP) is 3.91. The molecule has 146 valence electrons. The Morgan fingerprint density at radius 1 is 1.07 bits per heavy atom. The van der Waals surface area contributed by atoms with Crippen LogP contribution in [0.2, 0.25) is 0 Å². The number of non-ortho nitro benzene ring substituents is 1. The Morgan fingerprint density at radius 3 is 2.48 bits per heavy atom. The quantitative estimate of drug-likeness (QED) is 0.376. The molecule has 0 radical (unpaired) electrons. The van der Waals surface area contributed by atoms with Gasteiger partial charge in [-0.3, -0.25) is 19.7 Å². The minimum Gasteiger partial charge on any atom is -0.459 e. The van der Waals surface area contributed by atoms with Gasteiger partial charge in [0.1, 0.15) is 5.70 Å². The first-order valence-electron chi connectivity index (χ1n) is 8.61. The van der Waals surface area contributed by atoms with Crippen molar-refractivity contribution >= 4 is 29.3 Å². The van der Waals surface area contributed by atoms with Crippen LogP contribution in [0.25, 0.3) is 6.08 Å². The second-order valence-electron chi connectivity index (χ2n) is 6.16. The molecule has 0 saturated carbocycles. The van der Waals surface area contributed by atoms with E-state index < -0.39 is 16.7 Å². The van der Waals surface area contributed by atoms with Gasteiger partial charge < -0.3 is 15.1 Å². The van der Waals surface area contributed by atoms with E-state index in [4.69, 9.17) is 4.42 Å². The zero-order valence-corrected chi connectivity index (χ0v) is 15.4. The third-order valence-corrected chi connectivity index (χ3v) is 3.94. The van der Waals surface area contributed by atoms with E-state index in [0.717, 1.165) is 5.56 Å². The highest BCUT2D eigenvalue weighted by Gasteiger charge is 2.17. The fourth-order valence-electron chi connectivity index (χ4n) is 2.48. The second-order valence-corrected chi connectivity index (χ2v) is 6.16. The fraction of sp³-hybridized carbons (Fsp3) is 0.0476. The van der Waals surface area contributed by atoms with E-state index in [1.165, 1.54) is 36.6 Å². The third kappa shape index (κ3) is 5.16. The van der Waals surface area contributed by atoms with Gasteiger partial charge in [0, 0.05) is 17.8 Å². The number of hydrogen-bond acceptors (Lipinski definition) is 5. The summed E-state index contributed by atoms with van der Waals surface area (Å²) in [6.45, 7) is 1.92. The molecule has 2 N–H and O–H groups in total. The maximum absolute atomic E-state index is 12.8. The Bertz CT molecular complexity index is 1070. The molecular weight excluding hydrogens is 374 g/mol. The number of amides is 2. The Hall–Kier alpha value is -4.20. The largest absolute Gasteiger partial charge is 0.459 e. The lowest BCUT2D eigenvalue weighted by Gasteiger charge is -2.10. The molecule has 1 aromatic heterocycles. The van der Waals surface area contributed by atoms with Gasteiger partial charge in [0.25, 0.3) is 17.5 Å². The van der Waals surface area contributed by atoms with Gasteiger partial charge in [0.05, 0.1) is 11.2 Å². The second kappa shape index (κ2) is 8.66. The molecule has 0 unspecified atom stereocenters. The zero-order chi connectivity index (χ0) is 20.8. The van der Waals surface area contributed by atoms with Gasteiger partial charge >= 0.3 is 0 Å². The van der Waals surface area contributed by atoms with E-state index >= 15 is 0 Å². The third-order valence-electron chi connectivity index (χ3n) is 3.94. The van der Waals surface area contributed by atoms with Gasteiger partial charge in [-0.2, -0.15) is 0 Å². The maximum atomic E-state index is 12.8.